The zero-order chi connectivity index (χ0) is 15.0. The van der Waals surface area contributed by atoms with Crippen molar-refractivity contribution < 1.29 is 17.9 Å². The maximum Gasteiger partial charge on any atom is 0.416 e. The van der Waals surface area contributed by atoms with Crippen LogP contribution in [0.25, 0.3) is 11.4 Å². The Kier molecular flexibility index (Phi) is 3.29. The summed E-state index contributed by atoms with van der Waals surface area (Å²) < 4.78 is 42.9. The molecule has 0 saturated carbocycles. The van der Waals surface area contributed by atoms with E-state index >= 15 is 0 Å². The van der Waals surface area contributed by atoms with E-state index in [-0.39, 0.29) is 0 Å². The Balaban J connectivity index is 1.99. The number of hydrogen-bond donors (Lipinski definition) is 1. The lowest BCUT2D eigenvalue weighted by atomic mass is 10.1. The minimum atomic E-state index is -4.36. The smallest absolute Gasteiger partial charge is 0.383 e. The maximum absolute atomic E-state index is 12.5. The van der Waals surface area contributed by atoms with Crippen molar-refractivity contribution in [3.63, 3.8) is 0 Å². The first-order valence-electron chi connectivity index (χ1n) is 6.36. The number of nitrogens with two attached hydrogens (primary N) is 1. The molecule has 0 fully saturated rings. The molecule has 21 heavy (non-hydrogen) atoms. The number of hydrogen-bond acceptors (Lipinski definition) is 4. The fraction of sp³-hybridized carbons (Fsp3) is 0.286. The van der Waals surface area contributed by atoms with E-state index < -0.39 is 11.7 Å². The quantitative estimate of drug-likeness (QED) is 0.878. The van der Waals surface area contributed by atoms with E-state index in [9.17, 15) is 13.2 Å². The fourth-order valence-corrected chi connectivity index (χ4v) is 2.19. The predicted octanol–water partition coefficient (Wildman–Crippen LogP) is 2.82. The molecule has 1 aliphatic heterocycles. The number of fused-ring (bicyclic) bond motifs is 1. The van der Waals surface area contributed by atoms with Gasteiger partial charge in [0, 0.05) is 17.5 Å². The van der Waals surface area contributed by atoms with Gasteiger partial charge in [0.05, 0.1) is 24.5 Å². The van der Waals surface area contributed by atoms with Gasteiger partial charge in [-0.1, -0.05) is 12.1 Å². The van der Waals surface area contributed by atoms with Gasteiger partial charge in [-0.25, -0.2) is 9.97 Å². The van der Waals surface area contributed by atoms with E-state index in [1.807, 2.05) is 0 Å². The third-order valence-electron chi connectivity index (χ3n) is 3.32. The van der Waals surface area contributed by atoms with Crippen LogP contribution >= 0.6 is 0 Å². The molecule has 110 valence electrons. The molecule has 2 aromatic rings. The molecule has 0 atom stereocenters. The molecule has 0 bridgehead atoms. The van der Waals surface area contributed by atoms with E-state index in [2.05, 4.69) is 9.97 Å². The third-order valence-corrected chi connectivity index (χ3v) is 3.32. The van der Waals surface area contributed by atoms with E-state index in [1.165, 1.54) is 12.1 Å². The van der Waals surface area contributed by atoms with Crippen LogP contribution in [-0.4, -0.2) is 16.6 Å². The van der Waals surface area contributed by atoms with Crippen LogP contribution in [0.2, 0.25) is 0 Å². The number of rotatable bonds is 1. The number of halogens is 3. The normalized spacial score (nSPS) is 14.8. The van der Waals surface area contributed by atoms with Crippen molar-refractivity contribution in [3.8, 4) is 11.4 Å². The van der Waals surface area contributed by atoms with Gasteiger partial charge in [-0.15, -0.1) is 0 Å². The van der Waals surface area contributed by atoms with Gasteiger partial charge in [0.1, 0.15) is 5.82 Å². The number of anilines is 1. The molecule has 0 aliphatic carbocycles. The molecule has 0 amide bonds. The van der Waals surface area contributed by atoms with Crippen molar-refractivity contribution in [2.24, 2.45) is 0 Å². The van der Waals surface area contributed by atoms with Gasteiger partial charge in [-0.05, 0) is 12.1 Å². The highest BCUT2D eigenvalue weighted by atomic mass is 19.4. The lowest BCUT2D eigenvalue weighted by Gasteiger charge is -2.17. The Morgan fingerprint density at radius 3 is 2.48 bits per heavy atom. The number of aromatic nitrogens is 2. The Morgan fingerprint density at radius 2 is 1.81 bits per heavy atom. The van der Waals surface area contributed by atoms with Gasteiger partial charge in [0.25, 0.3) is 0 Å². The molecule has 2 N–H and O–H groups in total. The molecule has 0 saturated heterocycles. The molecule has 0 unspecified atom stereocenters. The summed E-state index contributed by atoms with van der Waals surface area (Å²) in [4.78, 5) is 8.54. The molecule has 3 rings (SSSR count). The zero-order valence-corrected chi connectivity index (χ0v) is 10.9. The standard InChI is InChI=1S/C14H12F3N3O/c15-14(16,17)9-3-1-8(2-4-9)13-19-11-5-6-21-7-10(11)12(18)20-13/h1-4H,5-7H2,(H2,18,19,20). The Labute approximate surface area is 118 Å². The molecule has 0 spiro atoms. The summed E-state index contributed by atoms with van der Waals surface area (Å²) >= 11 is 0. The van der Waals surface area contributed by atoms with Crippen molar-refractivity contribution >= 4 is 5.82 Å². The van der Waals surface area contributed by atoms with Crippen molar-refractivity contribution in [1.82, 2.24) is 9.97 Å². The first-order chi connectivity index (χ1) is 9.95. The van der Waals surface area contributed by atoms with Crippen molar-refractivity contribution in [2.45, 2.75) is 19.2 Å². The van der Waals surface area contributed by atoms with Crippen LogP contribution in [-0.2, 0) is 23.9 Å². The second-order valence-electron chi connectivity index (χ2n) is 4.74. The number of alkyl halides is 3. The second-order valence-corrected chi connectivity index (χ2v) is 4.74. The van der Waals surface area contributed by atoms with Gasteiger partial charge in [0.2, 0.25) is 0 Å². The van der Waals surface area contributed by atoms with Gasteiger partial charge in [-0.2, -0.15) is 13.2 Å². The first kappa shape index (κ1) is 13.8. The number of nitrogen functional groups attached to an aromatic ring is 1. The molecular formula is C14H12F3N3O. The monoisotopic (exact) mass is 295 g/mol. The molecule has 7 heteroatoms. The summed E-state index contributed by atoms with van der Waals surface area (Å²) in [7, 11) is 0. The van der Waals surface area contributed by atoms with Crippen molar-refractivity contribution in [3.05, 3.63) is 41.1 Å². The summed E-state index contributed by atoms with van der Waals surface area (Å²) in [6.45, 7) is 0.921. The van der Waals surface area contributed by atoms with E-state index in [1.54, 1.807) is 0 Å². The summed E-state index contributed by atoms with van der Waals surface area (Å²) in [5.74, 6) is 0.650. The molecule has 1 aromatic heterocycles. The summed E-state index contributed by atoms with van der Waals surface area (Å²) in [6, 6.07) is 4.72. The maximum atomic E-state index is 12.5. The molecule has 2 heterocycles. The molecule has 0 radical (unpaired) electrons. The summed E-state index contributed by atoms with van der Waals surface area (Å²) in [6.07, 6.45) is -3.73. The van der Waals surface area contributed by atoms with Crippen molar-refractivity contribution in [2.75, 3.05) is 12.3 Å². The van der Waals surface area contributed by atoms with Gasteiger partial charge < -0.3 is 10.5 Å². The highest BCUT2D eigenvalue weighted by Gasteiger charge is 2.30. The predicted molar refractivity (Wildman–Crippen MR) is 70.2 cm³/mol. The minimum absolute atomic E-state index is 0.314. The van der Waals surface area contributed by atoms with E-state index in [4.69, 9.17) is 10.5 Å². The van der Waals surface area contributed by atoms with Crippen LogP contribution in [0.15, 0.2) is 24.3 Å². The van der Waals surface area contributed by atoms with Gasteiger partial charge in [-0.3, -0.25) is 0 Å². The summed E-state index contributed by atoms with van der Waals surface area (Å²) in [5.41, 5.74) is 7.22. The lowest BCUT2D eigenvalue weighted by Crippen LogP contribution is -2.16. The number of nitrogens with zero attached hydrogens (tertiary/aromatic N) is 2. The topological polar surface area (TPSA) is 61.0 Å². The van der Waals surface area contributed by atoms with Crippen LogP contribution in [0.4, 0.5) is 19.0 Å². The van der Waals surface area contributed by atoms with Crippen LogP contribution < -0.4 is 5.73 Å². The average Bonchev–Trinajstić information content (AvgIpc) is 2.46. The van der Waals surface area contributed by atoms with Crippen LogP contribution in [0, 0.1) is 0 Å². The molecule has 1 aliphatic rings. The van der Waals surface area contributed by atoms with Gasteiger partial charge >= 0.3 is 6.18 Å². The third kappa shape index (κ3) is 2.69. The molecular weight excluding hydrogens is 283 g/mol. The average molecular weight is 295 g/mol. The molecule has 1 aromatic carbocycles. The Hall–Kier alpha value is -2.15. The Morgan fingerprint density at radius 1 is 1.10 bits per heavy atom. The van der Waals surface area contributed by atoms with E-state index in [0.29, 0.717) is 36.8 Å². The molecule has 4 nitrogen and oxygen atoms in total. The largest absolute Gasteiger partial charge is 0.416 e. The minimum Gasteiger partial charge on any atom is -0.383 e. The number of benzene rings is 1. The van der Waals surface area contributed by atoms with Gasteiger partial charge in [0.15, 0.2) is 5.82 Å². The lowest BCUT2D eigenvalue weighted by molar-refractivity contribution is -0.137. The highest BCUT2D eigenvalue weighted by molar-refractivity contribution is 5.59. The zero-order valence-electron chi connectivity index (χ0n) is 10.9. The Bertz CT molecular complexity index is 668. The first-order valence-corrected chi connectivity index (χ1v) is 6.36. The summed E-state index contributed by atoms with van der Waals surface area (Å²) in [5, 5.41) is 0. The van der Waals surface area contributed by atoms with Crippen molar-refractivity contribution in [1.29, 1.82) is 0 Å². The highest BCUT2D eigenvalue weighted by Crippen LogP contribution is 2.31. The fourth-order valence-electron chi connectivity index (χ4n) is 2.19. The SMILES string of the molecule is Nc1nc(-c2ccc(C(F)(F)F)cc2)nc2c1COCC2. The number of ether oxygens (including phenoxy) is 1. The van der Waals surface area contributed by atoms with Crippen LogP contribution in [0.1, 0.15) is 16.8 Å². The van der Waals surface area contributed by atoms with Crippen LogP contribution in [0.3, 0.4) is 0 Å². The van der Waals surface area contributed by atoms with E-state index in [0.717, 1.165) is 23.4 Å². The second kappa shape index (κ2) is 5.00. The van der Waals surface area contributed by atoms with Crippen LogP contribution in [0.5, 0.6) is 0 Å².